The van der Waals surface area contributed by atoms with Crippen LogP contribution in [0.2, 0.25) is 0 Å². The number of hydrogen-bond acceptors (Lipinski definition) is 2. The van der Waals surface area contributed by atoms with Crippen molar-refractivity contribution in [3.8, 4) is 0 Å². The molecule has 0 fully saturated rings. The molecule has 0 aromatic rings. The molecular formula is C25H48KNO4. The van der Waals surface area contributed by atoms with Gasteiger partial charge in [0.2, 0.25) is 0 Å². The number of carboxylic acids is 2. The zero-order valence-corrected chi connectivity index (χ0v) is 24.0. The second-order valence-corrected chi connectivity index (χ2v) is 8.77. The standard InChI is InChI=1S/C18H36N.C7H12O4.K/c1-2-3-4-5-6-7-8-9-10-11-12-13-14-15-16-17-18-19;1-7(2,6(10)11)4-3-5(8)9;/h9-10,19H,2-8,11-18H2,1H3;3-4H2,1-2H3,(H,8,9)(H,10,11);/q-1;;+1. The Morgan fingerprint density at radius 2 is 1.19 bits per heavy atom. The molecule has 0 aliphatic carbocycles. The Hall–Kier alpha value is 0.276. The van der Waals surface area contributed by atoms with Crippen molar-refractivity contribution in [1.82, 2.24) is 0 Å². The van der Waals surface area contributed by atoms with Crippen molar-refractivity contribution in [2.45, 2.75) is 124 Å². The van der Waals surface area contributed by atoms with E-state index in [-0.39, 0.29) is 64.2 Å². The van der Waals surface area contributed by atoms with E-state index in [1.807, 2.05) is 0 Å². The Bertz CT molecular complexity index is 439. The third kappa shape index (κ3) is 30.3. The summed E-state index contributed by atoms with van der Waals surface area (Å²) in [5, 5.41) is 16.8. The number of hydrogen-bond donors (Lipinski definition) is 2. The smallest absolute Gasteiger partial charge is 0.677 e. The molecule has 0 aliphatic rings. The number of allylic oxidation sites excluding steroid dienone is 2. The predicted octanol–water partition coefficient (Wildman–Crippen LogP) is 5.04. The minimum Gasteiger partial charge on any atom is -0.677 e. The van der Waals surface area contributed by atoms with Gasteiger partial charge in [-0.15, -0.1) is 0 Å². The van der Waals surface area contributed by atoms with Crippen molar-refractivity contribution in [3.63, 3.8) is 0 Å². The number of carboxylic acid groups (broad SMARTS) is 2. The molecule has 0 spiro atoms. The van der Waals surface area contributed by atoms with E-state index in [0.717, 1.165) is 6.42 Å². The average Bonchev–Trinajstić information content (AvgIpc) is 2.70. The van der Waals surface area contributed by atoms with Gasteiger partial charge in [-0.2, -0.15) is 6.54 Å². The quantitative estimate of drug-likeness (QED) is 0.158. The molecule has 5 nitrogen and oxygen atoms in total. The van der Waals surface area contributed by atoms with Crippen LogP contribution in [-0.2, 0) is 9.59 Å². The maximum atomic E-state index is 10.4. The first-order valence-electron chi connectivity index (χ1n) is 12.0. The van der Waals surface area contributed by atoms with Crippen LogP contribution in [0.15, 0.2) is 12.2 Å². The zero-order chi connectivity index (χ0) is 23.1. The third-order valence-corrected chi connectivity index (χ3v) is 5.23. The van der Waals surface area contributed by atoms with E-state index in [4.69, 9.17) is 15.9 Å². The maximum absolute atomic E-state index is 10.4. The zero-order valence-electron chi connectivity index (χ0n) is 20.9. The van der Waals surface area contributed by atoms with Crippen LogP contribution in [0.1, 0.15) is 124 Å². The summed E-state index contributed by atoms with van der Waals surface area (Å²) in [4.78, 5) is 20.5. The number of carbonyl (C=O) groups is 2. The minimum atomic E-state index is -0.959. The Kier molecular flexibility index (Phi) is 30.7. The summed E-state index contributed by atoms with van der Waals surface area (Å²) in [6.07, 6.45) is 23.6. The van der Waals surface area contributed by atoms with Crippen LogP contribution in [0, 0.1) is 5.41 Å². The maximum Gasteiger partial charge on any atom is 1.00 e. The summed E-state index contributed by atoms with van der Waals surface area (Å²) in [7, 11) is 0. The summed E-state index contributed by atoms with van der Waals surface area (Å²) in [5.74, 6) is -1.92. The molecule has 0 radical (unpaired) electrons. The van der Waals surface area contributed by atoms with Gasteiger partial charge in [0.15, 0.2) is 0 Å². The molecule has 6 heteroatoms. The van der Waals surface area contributed by atoms with E-state index in [2.05, 4.69) is 19.1 Å². The van der Waals surface area contributed by atoms with Crippen LogP contribution < -0.4 is 51.4 Å². The Balaban J connectivity index is -0.000000560. The Morgan fingerprint density at radius 1 is 0.774 bits per heavy atom. The van der Waals surface area contributed by atoms with Crippen molar-refractivity contribution < 1.29 is 71.2 Å². The molecule has 0 unspecified atom stereocenters. The second-order valence-electron chi connectivity index (χ2n) is 8.77. The van der Waals surface area contributed by atoms with Crippen molar-refractivity contribution in [1.29, 1.82) is 0 Å². The molecule has 0 bridgehead atoms. The molecule has 178 valence electrons. The van der Waals surface area contributed by atoms with E-state index in [0.29, 0.717) is 6.54 Å². The van der Waals surface area contributed by atoms with Crippen LogP contribution in [0.4, 0.5) is 0 Å². The first-order valence-corrected chi connectivity index (χ1v) is 12.0. The summed E-state index contributed by atoms with van der Waals surface area (Å²) >= 11 is 0. The number of aliphatic carboxylic acids is 2. The molecule has 0 aliphatic heterocycles. The van der Waals surface area contributed by atoms with Crippen LogP contribution in [0.5, 0.6) is 0 Å². The van der Waals surface area contributed by atoms with Gasteiger partial charge in [-0.1, -0.05) is 83.3 Å². The second kappa shape index (κ2) is 26.5. The van der Waals surface area contributed by atoms with Crippen molar-refractivity contribution >= 4 is 11.9 Å². The van der Waals surface area contributed by atoms with Gasteiger partial charge in [0.25, 0.3) is 0 Å². The van der Waals surface area contributed by atoms with Gasteiger partial charge < -0.3 is 15.9 Å². The molecule has 0 atom stereocenters. The van der Waals surface area contributed by atoms with Crippen molar-refractivity contribution in [2.24, 2.45) is 5.41 Å². The third-order valence-electron chi connectivity index (χ3n) is 5.23. The summed E-state index contributed by atoms with van der Waals surface area (Å²) in [6, 6.07) is 0. The van der Waals surface area contributed by atoms with Gasteiger partial charge in [0.05, 0.1) is 5.41 Å². The van der Waals surface area contributed by atoms with Crippen molar-refractivity contribution in [2.75, 3.05) is 6.54 Å². The first-order chi connectivity index (χ1) is 14.3. The van der Waals surface area contributed by atoms with Crippen LogP contribution in [-0.4, -0.2) is 28.7 Å². The fourth-order valence-electron chi connectivity index (χ4n) is 2.90. The normalized spacial score (nSPS) is 11.0. The molecule has 0 heterocycles. The first kappa shape index (κ1) is 35.9. The largest absolute Gasteiger partial charge is 1.00 e. The Morgan fingerprint density at radius 3 is 1.58 bits per heavy atom. The fraction of sp³-hybridized carbons (Fsp3) is 0.840. The van der Waals surface area contributed by atoms with Gasteiger partial charge in [-0.3, -0.25) is 9.59 Å². The summed E-state index contributed by atoms with van der Waals surface area (Å²) in [5.41, 5.74) is 6.14. The molecule has 0 aromatic heterocycles. The molecule has 3 N–H and O–H groups in total. The molecule has 0 amide bonds. The molecule has 0 aromatic carbocycles. The number of unbranched alkanes of at least 4 members (excludes halogenated alkanes) is 12. The van der Waals surface area contributed by atoms with Crippen molar-refractivity contribution in [3.05, 3.63) is 17.9 Å². The van der Waals surface area contributed by atoms with E-state index in [9.17, 15) is 9.59 Å². The molecule has 0 saturated heterocycles. The Labute approximate surface area is 234 Å². The SMILES string of the molecule is CC(C)(CCC(=O)O)C(=O)O.CCCCCCCCC=CCCCCCCCC[NH-].[K+]. The molecule has 0 rings (SSSR count). The van der Waals surface area contributed by atoms with Crippen LogP contribution in [0.25, 0.3) is 5.73 Å². The predicted molar refractivity (Wildman–Crippen MR) is 127 cm³/mol. The van der Waals surface area contributed by atoms with Gasteiger partial charge in [-0.05, 0) is 46.0 Å². The van der Waals surface area contributed by atoms with Crippen LogP contribution in [0.3, 0.4) is 0 Å². The number of rotatable bonds is 19. The van der Waals surface area contributed by atoms with Gasteiger partial charge in [0.1, 0.15) is 0 Å². The number of nitrogens with one attached hydrogen (secondary N) is 1. The monoisotopic (exact) mass is 465 g/mol. The summed E-state index contributed by atoms with van der Waals surface area (Å²) < 4.78 is 0. The summed E-state index contributed by atoms with van der Waals surface area (Å²) in [6.45, 7) is 5.91. The molecular weight excluding hydrogens is 417 g/mol. The van der Waals surface area contributed by atoms with E-state index in [1.54, 1.807) is 0 Å². The topological polar surface area (TPSA) is 98.4 Å². The van der Waals surface area contributed by atoms with E-state index >= 15 is 0 Å². The average molecular weight is 466 g/mol. The van der Waals surface area contributed by atoms with Gasteiger partial charge in [-0.25, -0.2) is 0 Å². The molecule has 0 saturated carbocycles. The van der Waals surface area contributed by atoms with E-state index in [1.165, 1.54) is 97.3 Å². The fourth-order valence-corrected chi connectivity index (χ4v) is 2.90. The van der Waals surface area contributed by atoms with Gasteiger partial charge >= 0.3 is 63.3 Å². The van der Waals surface area contributed by atoms with Crippen LogP contribution >= 0.6 is 0 Å². The van der Waals surface area contributed by atoms with E-state index < -0.39 is 17.4 Å². The minimum absolute atomic E-state index is 0. The molecule has 31 heavy (non-hydrogen) atoms. The van der Waals surface area contributed by atoms with Gasteiger partial charge in [0, 0.05) is 6.42 Å².